The van der Waals surface area contributed by atoms with Crippen LogP contribution in [0.1, 0.15) is 34.3 Å². The molecule has 3 aromatic rings. The van der Waals surface area contributed by atoms with Crippen LogP contribution in [0.15, 0.2) is 42.9 Å². The molecule has 6 rings (SSSR count). The normalized spacial score (nSPS) is 21.1. The molecule has 1 aromatic carbocycles. The monoisotopic (exact) mass is 476 g/mol. The average molecular weight is 477 g/mol. The lowest BCUT2D eigenvalue weighted by Crippen LogP contribution is -2.52. The fourth-order valence-electron chi connectivity index (χ4n) is 5.28. The van der Waals surface area contributed by atoms with E-state index in [-0.39, 0.29) is 31.2 Å². The first-order valence-electron chi connectivity index (χ1n) is 11.8. The summed E-state index contributed by atoms with van der Waals surface area (Å²) in [5, 5.41) is 2.29. The third kappa shape index (κ3) is 3.93. The van der Waals surface area contributed by atoms with Gasteiger partial charge in [0.15, 0.2) is 0 Å². The van der Waals surface area contributed by atoms with Crippen LogP contribution in [-0.2, 0) is 22.7 Å². The van der Waals surface area contributed by atoms with E-state index in [2.05, 4.69) is 27.5 Å². The summed E-state index contributed by atoms with van der Waals surface area (Å²) in [6, 6.07) is 6.43. The van der Waals surface area contributed by atoms with Crippen molar-refractivity contribution in [1.82, 2.24) is 24.5 Å². The molecule has 0 bridgehead atoms. The van der Waals surface area contributed by atoms with Gasteiger partial charge in [-0.15, -0.1) is 0 Å². The Morgan fingerprint density at radius 2 is 1.91 bits per heavy atom. The topological polar surface area (TPSA) is 90.3 Å². The third-order valence-corrected chi connectivity index (χ3v) is 7.16. The number of imide groups is 1. The van der Waals surface area contributed by atoms with E-state index in [9.17, 15) is 14.4 Å². The number of pyridine rings is 1. The second-order valence-corrected chi connectivity index (χ2v) is 9.35. The number of hydrogen-bond acceptors (Lipinski definition) is 6. The number of carbonyl (C=O) groups excluding carboxylic acids is 3. The fraction of sp³-hybridized carbons (Fsp3) is 0.360. The highest BCUT2D eigenvalue weighted by Crippen LogP contribution is 2.33. The molecule has 2 fully saturated rings. The van der Waals surface area contributed by atoms with Gasteiger partial charge in [0, 0.05) is 69.8 Å². The molecule has 3 aliphatic heterocycles. The number of piperidine rings is 1. The first kappa shape index (κ1) is 21.7. The summed E-state index contributed by atoms with van der Waals surface area (Å²) in [5.74, 6) is -1.59. The highest BCUT2D eigenvalue weighted by atomic mass is 19.1. The molecule has 2 aromatic heterocycles. The van der Waals surface area contributed by atoms with Gasteiger partial charge in [-0.2, -0.15) is 0 Å². The molecule has 2 saturated heterocycles. The van der Waals surface area contributed by atoms with Crippen molar-refractivity contribution >= 4 is 29.1 Å². The van der Waals surface area contributed by atoms with E-state index in [1.54, 1.807) is 12.3 Å². The SMILES string of the molecule is O=C1CCC(N2Cc3cc(N4CCN(Cc5ccc6nccn6c5)CC4)c(F)cc3C2=O)C(=O)N1. The van der Waals surface area contributed by atoms with Crippen LogP contribution in [0.2, 0.25) is 0 Å². The van der Waals surface area contributed by atoms with E-state index in [0.717, 1.165) is 25.3 Å². The van der Waals surface area contributed by atoms with E-state index in [1.165, 1.54) is 16.5 Å². The number of carbonyl (C=O) groups is 3. The van der Waals surface area contributed by atoms with Crippen LogP contribution in [0.25, 0.3) is 5.65 Å². The number of benzene rings is 1. The average Bonchev–Trinajstić information content (AvgIpc) is 3.43. The first-order valence-corrected chi connectivity index (χ1v) is 11.8. The molecular formula is C25H25FN6O3. The van der Waals surface area contributed by atoms with Crippen LogP contribution >= 0.6 is 0 Å². The molecular weight excluding hydrogens is 451 g/mol. The Bertz CT molecular complexity index is 1350. The van der Waals surface area contributed by atoms with Crippen molar-refractivity contribution in [2.45, 2.75) is 32.0 Å². The molecule has 0 spiro atoms. The summed E-state index contributed by atoms with van der Waals surface area (Å²) in [6.45, 7) is 3.98. The molecule has 35 heavy (non-hydrogen) atoms. The molecule has 0 radical (unpaired) electrons. The maximum atomic E-state index is 15.1. The molecule has 1 atom stereocenters. The number of anilines is 1. The summed E-state index contributed by atoms with van der Waals surface area (Å²) < 4.78 is 17.1. The van der Waals surface area contributed by atoms with Crippen LogP contribution in [0.3, 0.4) is 0 Å². The third-order valence-electron chi connectivity index (χ3n) is 7.16. The lowest BCUT2D eigenvalue weighted by molar-refractivity contribution is -0.136. The number of aromatic nitrogens is 2. The van der Waals surface area contributed by atoms with Gasteiger partial charge in [0.2, 0.25) is 11.8 Å². The maximum absolute atomic E-state index is 15.1. The molecule has 9 nitrogen and oxygen atoms in total. The van der Waals surface area contributed by atoms with Crippen LogP contribution in [0.5, 0.6) is 0 Å². The zero-order valence-corrected chi connectivity index (χ0v) is 19.1. The minimum atomic E-state index is -0.704. The van der Waals surface area contributed by atoms with Crippen molar-refractivity contribution in [3.8, 4) is 0 Å². The lowest BCUT2D eigenvalue weighted by Gasteiger charge is -2.36. The molecule has 3 aliphatic rings. The van der Waals surface area contributed by atoms with Crippen molar-refractivity contribution in [3.05, 3.63) is 65.4 Å². The van der Waals surface area contributed by atoms with Gasteiger partial charge in [-0.1, -0.05) is 6.07 Å². The number of hydrogen-bond donors (Lipinski definition) is 1. The van der Waals surface area contributed by atoms with Crippen molar-refractivity contribution in [1.29, 1.82) is 0 Å². The van der Waals surface area contributed by atoms with Gasteiger partial charge in [-0.05, 0) is 35.7 Å². The molecule has 1 unspecified atom stereocenters. The molecule has 0 aliphatic carbocycles. The zero-order chi connectivity index (χ0) is 24.1. The van der Waals surface area contributed by atoms with Crippen LogP contribution in [0.4, 0.5) is 10.1 Å². The highest BCUT2D eigenvalue weighted by Gasteiger charge is 2.40. The maximum Gasteiger partial charge on any atom is 0.255 e. The second kappa shape index (κ2) is 8.46. The summed E-state index contributed by atoms with van der Waals surface area (Å²) in [5.41, 5.74) is 3.61. The number of amides is 3. The van der Waals surface area contributed by atoms with Gasteiger partial charge in [0.25, 0.3) is 5.91 Å². The Morgan fingerprint density at radius 1 is 1.09 bits per heavy atom. The number of piperazine rings is 1. The predicted molar refractivity (Wildman–Crippen MR) is 125 cm³/mol. The van der Waals surface area contributed by atoms with Gasteiger partial charge in [0.05, 0.1) is 5.69 Å². The van der Waals surface area contributed by atoms with E-state index >= 15 is 4.39 Å². The van der Waals surface area contributed by atoms with Gasteiger partial charge in [-0.3, -0.25) is 24.6 Å². The second-order valence-electron chi connectivity index (χ2n) is 9.35. The van der Waals surface area contributed by atoms with Crippen molar-refractivity contribution < 1.29 is 18.8 Å². The summed E-state index contributed by atoms with van der Waals surface area (Å²) in [7, 11) is 0. The molecule has 10 heteroatoms. The number of rotatable bonds is 4. The molecule has 1 N–H and O–H groups in total. The van der Waals surface area contributed by atoms with E-state index in [0.29, 0.717) is 29.9 Å². The quantitative estimate of drug-likeness (QED) is 0.575. The number of nitrogens with one attached hydrogen (secondary N) is 1. The fourth-order valence-corrected chi connectivity index (χ4v) is 5.28. The number of nitrogens with zero attached hydrogens (tertiary/aromatic N) is 5. The van der Waals surface area contributed by atoms with E-state index in [1.807, 2.05) is 21.6 Å². The van der Waals surface area contributed by atoms with Crippen LogP contribution in [0, 0.1) is 5.82 Å². The number of fused-ring (bicyclic) bond motifs is 2. The summed E-state index contributed by atoms with van der Waals surface area (Å²) in [6.07, 6.45) is 6.27. The van der Waals surface area contributed by atoms with Gasteiger partial charge < -0.3 is 14.2 Å². The number of halogens is 1. The molecule has 3 amide bonds. The van der Waals surface area contributed by atoms with E-state index in [4.69, 9.17) is 0 Å². The summed E-state index contributed by atoms with van der Waals surface area (Å²) >= 11 is 0. The Balaban J connectivity index is 1.13. The Labute approximate surface area is 201 Å². The first-order chi connectivity index (χ1) is 17.0. The van der Waals surface area contributed by atoms with Crippen LogP contribution in [-0.4, -0.2) is 69.1 Å². The van der Waals surface area contributed by atoms with E-state index < -0.39 is 17.8 Å². The lowest BCUT2D eigenvalue weighted by atomic mass is 10.0. The zero-order valence-electron chi connectivity index (χ0n) is 19.1. The molecule has 5 heterocycles. The van der Waals surface area contributed by atoms with Crippen molar-refractivity contribution in [2.75, 3.05) is 31.1 Å². The van der Waals surface area contributed by atoms with Crippen LogP contribution < -0.4 is 10.2 Å². The largest absolute Gasteiger partial charge is 0.367 e. The Kier molecular flexibility index (Phi) is 5.25. The molecule has 0 saturated carbocycles. The standard InChI is InChI=1S/C25H25FN6O3/c26-19-12-18-17(15-32(25(18)35)20-2-4-23(33)28-24(20)34)11-21(19)30-9-7-29(8-10-30)13-16-1-3-22-27-5-6-31(22)14-16/h1,3,5-6,11-12,14,20H,2,4,7-10,13,15H2,(H,28,33,34). The van der Waals surface area contributed by atoms with Gasteiger partial charge >= 0.3 is 0 Å². The minimum Gasteiger partial charge on any atom is -0.367 e. The highest BCUT2D eigenvalue weighted by molar-refractivity contribution is 6.05. The summed E-state index contributed by atoms with van der Waals surface area (Å²) in [4.78, 5) is 46.7. The van der Waals surface area contributed by atoms with Crippen molar-refractivity contribution in [3.63, 3.8) is 0 Å². The molecule has 180 valence electrons. The Morgan fingerprint density at radius 3 is 2.71 bits per heavy atom. The minimum absolute atomic E-state index is 0.191. The Hall–Kier alpha value is -3.79. The van der Waals surface area contributed by atoms with Gasteiger partial charge in [0.1, 0.15) is 17.5 Å². The number of imidazole rings is 1. The van der Waals surface area contributed by atoms with Gasteiger partial charge in [-0.25, -0.2) is 9.37 Å². The van der Waals surface area contributed by atoms with Crippen molar-refractivity contribution in [2.24, 2.45) is 0 Å². The predicted octanol–water partition coefficient (Wildman–Crippen LogP) is 1.56. The smallest absolute Gasteiger partial charge is 0.255 e.